The van der Waals surface area contributed by atoms with E-state index in [0.717, 1.165) is 5.56 Å². The van der Waals surface area contributed by atoms with Crippen LogP contribution in [-0.2, 0) is 16.1 Å². The summed E-state index contributed by atoms with van der Waals surface area (Å²) in [6, 6.07) is 18.7. The average molecular weight is 498 g/mol. The van der Waals surface area contributed by atoms with Gasteiger partial charge < -0.3 is 15.0 Å². The minimum Gasteiger partial charge on any atom is -0.497 e. The third-order valence-corrected chi connectivity index (χ3v) is 6.09. The molecule has 4 rings (SSSR count). The fraction of sp³-hybridized carbons (Fsp3) is 0.160. The van der Waals surface area contributed by atoms with E-state index in [9.17, 15) is 14.0 Å². The fourth-order valence-electron chi connectivity index (χ4n) is 3.69. The van der Waals surface area contributed by atoms with Gasteiger partial charge in [0.25, 0.3) is 5.91 Å². The number of ether oxygens (including phenoxy) is 1. The summed E-state index contributed by atoms with van der Waals surface area (Å²) in [7, 11) is 1.56. The van der Waals surface area contributed by atoms with Gasteiger partial charge in [-0.25, -0.2) is 4.39 Å². The number of benzene rings is 3. The minimum atomic E-state index is -0.827. The summed E-state index contributed by atoms with van der Waals surface area (Å²) in [6.07, 6.45) is -0.116. The number of methoxy groups -OCH3 is 1. The van der Waals surface area contributed by atoms with Crippen LogP contribution in [0.5, 0.6) is 5.75 Å². The minimum absolute atomic E-state index is 0.116. The first-order valence-electron chi connectivity index (χ1n) is 10.4. The van der Waals surface area contributed by atoms with Crippen LogP contribution in [0.4, 0.5) is 15.8 Å². The van der Waals surface area contributed by atoms with Crippen molar-refractivity contribution in [3.63, 3.8) is 0 Å². The van der Waals surface area contributed by atoms with E-state index in [-0.39, 0.29) is 35.7 Å². The second-order valence-electron chi connectivity index (χ2n) is 7.68. The number of rotatable bonds is 7. The highest BCUT2D eigenvalue weighted by molar-refractivity contribution is 7.80. The molecule has 1 atom stereocenters. The molecular formula is C25H21ClFN3O3S. The molecule has 3 aromatic carbocycles. The van der Waals surface area contributed by atoms with Gasteiger partial charge in [-0.1, -0.05) is 23.7 Å². The van der Waals surface area contributed by atoms with Crippen LogP contribution in [0.2, 0.25) is 5.02 Å². The van der Waals surface area contributed by atoms with Gasteiger partial charge in [-0.15, -0.1) is 0 Å². The van der Waals surface area contributed by atoms with Crippen molar-refractivity contribution >= 4 is 52.1 Å². The first-order chi connectivity index (χ1) is 16.4. The molecule has 1 N–H and O–H groups in total. The Morgan fingerprint density at radius 2 is 1.71 bits per heavy atom. The average Bonchev–Trinajstić information content (AvgIpc) is 3.06. The third kappa shape index (κ3) is 5.18. The molecule has 0 spiro atoms. The van der Waals surface area contributed by atoms with E-state index in [4.69, 9.17) is 28.6 Å². The van der Waals surface area contributed by atoms with Crippen molar-refractivity contribution in [2.75, 3.05) is 17.3 Å². The number of hydrogen-bond donors (Lipinski definition) is 1. The highest BCUT2D eigenvalue weighted by Gasteiger charge is 2.44. The molecule has 1 aliphatic rings. The molecule has 0 radical (unpaired) electrons. The van der Waals surface area contributed by atoms with E-state index in [1.54, 1.807) is 72.7 Å². The summed E-state index contributed by atoms with van der Waals surface area (Å²) >= 11 is 11.6. The van der Waals surface area contributed by atoms with Crippen molar-refractivity contribution in [3.05, 3.63) is 89.2 Å². The molecule has 6 nitrogen and oxygen atoms in total. The largest absolute Gasteiger partial charge is 0.497 e. The van der Waals surface area contributed by atoms with Crippen LogP contribution in [0.15, 0.2) is 72.8 Å². The fourth-order valence-corrected chi connectivity index (χ4v) is 4.20. The van der Waals surface area contributed by atoms with Crippen molar-refractivity contribution in [2.45, 2.75) is 19.0 Å². The number of carbonyl (C=O) groups excluding carboxylic acids is 2. The van der Waals surface area contributed by atoms with Crippen LogP contribution in [0, 0.1) is 5.82 Å². The van der Waals surface area contributed by atoms with Crippen LogP contribution >= 0.6 is 23.8 Å². The summed E-state index contributed by atoms with van der Waals surface area (Å²) in [5.41, 5.74) is 1.90. The lowest BCUT2D eigenvalue weighted by atomic mass is 10.1. The first kappa shape index (κ1) is 23.7. The highest BCUT2D eigenvalue weighted by atomic mass is 35.5. The summed E-state index contributed by atoms with van der Waals surface area (Å²) in [5.74, 6) is -0.376. The van der Waals surface area contributed by atoms with Gasteiger partial charge in [0.15, 0.2) is 5.11 Å². The van der Waals surface area contributed by atoms with E-state index >= 15 is 0 Å². The number of halogens is 2. The van der Waals surface area contributed by atoms with Gasteiger partial charge >= 0.3 is 0 Å². The van der Waals surface area contributed by atoms with E-state index in [0.29, 0.717) is 22.1 Å². The lowest BCUT2D eigenvalue weighted by Crippen LogP contribution is -2.37. The van der Waals surface area contributed by atoms with Gasteiger partial charge in [0.1, 0.15) is 17.6 Å². The molecule has 1 heterocycles. The Bertz CT molecular complexity index is 1200. The maximum atomic E-state index is 13.5. The molecule has 0 saturated carbocycles. The van der Waals surface area contributed by atoms with Gasteiger partial charge in [0.05, 0.1) is 19.2 Å². The number of hydrogen-bond acceptors (Lipinski definition) is 4. The molecule has 1 saturated heterocycles. The van der Waals surface area contributed by atoms with Gasteiger partial charge in [-0.3, -0.25) is 14.5 Å². The Morgan fingerprint density at radius 3 is 2.32 bits per heavy atom. The van der Waals surface area contributed by atoms with Gasteiger partial charge in [0, 0.05) is 17.3 Å². The Hall–Kier alpha value is -3.49. The predicted octanol–water partition coefficient (Wildman–Crippen LogP) is 5.02. The molecular weight excluding hydrogens is 477 g/mol. The van der Waals surface area contributed by atoms with Crippen molar-refractivity contribution in [1.82, 2.24) is 4.90 Å². The summed E-state index contributed by atoms with van der Waals surface area (Å²) < 4.78 is 18.6. The van der Waals surface area contributed by atoms with E-state index in [1.165, 1.54) is 17.0 Å². The molecule has 174 valence electrons. The van der Waals surface area contributed by atoms with Crippen molar-refractivity contribution in [1.29, 1.82) is 0 Å². The summed E-state index contributed by atoms with van der Waals surface area (Å²) in [6.45, 7) is 0.246. The smallest absolute Gasteiger partial charge is 0.256 e. The maximum Gasteiger partial charge on any atom is 0.256 e. The number of nitrogens with zero attached hydrogens (tertiary/aromatic N) is 2. The Morgan fingerprint density at radius 1 is 1.06 bits per heavy atom. The van der Waals surface area contributed by atoms with Gasteiger partial charge in [0.2, 0.25) is 5.91 Å². The normalized spacial score (nSPS) is 15.6. The Kier molecular flexibility index (Phi) is 7.09. The molecule has 2 amide bonds. The van der Waals surface area contributed by atoms with Crippen molar-refractivity contribution < 1.29 is 18.7 Å². The number of thiocarbonyl (C=S) groups is 1. The molecule has 34 heavy (non-hydrogen) atoms. The van der Waals surface area contributed by atoms with Crippen LogP contribution < -0.4 is 15.0 Å². The Balaban J connectivity index is 1.59. The summed E-state index contributed by atoms with van der Waals surface area (Å²) in [5, 5.41) is 3.61. The maximum absolute atomic E-state index is 13.5. The van der Waals surface area contributed by atoms with Crippen molar-refractivity contribution in [2.24, 2.45) is 0 Å². The lowest BCUT2D eigenvalue weighted by molar-refractivity contribution is -0.124. The second-order valence-corrected chi connectivity index (χ2v) is 8.49. The summed E-state index contributed by atoms with van der Waals surface area (Å²) in [4.78, 5) is 29.4. The van der Waals surface area contributed by atoms with E-state index in [2.05, 4.69) is 5.32 Å². The number of nitrogens with one attached hydrogen (secondary N) is 1. The van der Waals surface area contributed by atoms with Crippen LogP contribution in [-0.4, -0.2) is 35.0 Å². The zero-order valence-electron chi connectivity index (χ0n) is 18.2. The topological polar surface area (TPSA) is 61.9 Å². The van der Waals surface area contributed by atoms with E-state index < -0.39 is 6.04 Å². The Labute approximate surface area is 206 Å². The molecule has 0 aromatic heterocycles. The predicted molar refractivity (Wildman–Crippen MR) is 134 cm³/mol. The molecule has 9 heteroatoms. The quantitative estimate of drug-likeness (QED) is 0.464. The molecule has 3 aromatic rings. The van der Waals surface area contributed by atoms with Gasteiger partial charge in [-0.05, 0) is 78.4 Å². The zero-order chi connectivity index (χ0) is 24.2. The monoisotopic (exact) mass is 497 g/mol. The third-order valence-electron chi connectivity index (χ3n) is 5.42. The number of anilines is 2. The van der Waals surface area contributed by atoms with Gasteiger partial charge in [-0.2, -0.15) is 0 Å². The van der Waals surface area contributed by atoms with E-state index in [1.807, 2.05) is 0 Å². The molecule has 1 aliphatic heterocycles. The standard InChI is InChI=1S/C25H21ClFN3O3S/c1-33-21-12-10-20(11-13-21)30-24(32)22(14-23(31)28-19-8-4-17(26)5-9-19)29(25(30)34)15-16-2-6-18(27)7-3-16/h2-13,22H,14-15H2,1H3,(H,28,31)/t22-/m1/s1. The molecule has 0 bridgehead atoms. The second kappa shape index (κ2) is 10.2. The molecule has 0 unspecified atom stereocenters. The molecule has 0 aliphatic carbocycles. The first-order valence-corrected chi connectivity index (χ1v) is 11.2. The zero-order valence-corrected chi connectivity index (χ0v) is 19.8. The number of carbonyl (C=O) groups is 2. The SMILES string of the molecule is COc1ccc(N2C(=O)[C@@H](CC(=O)Nc3ccc(Cl)cc3)N(Cc3ccc(F)cc3)C2=S)cc1. The highest BCUT2D eigenvalue weighted by Crippen LogP contribution is 2.30. The van der Waals surface area contributed by atoms with Crippen molar-refractivity contribution in [3.8, 4) is 5.75 Å². The van der Waals surface area contributed by atoms with Crippen LogP contribution in [0.3, 0.4) is 0 Å². The number of amides is 2. The van der Waals surface area contributed by atoms with Crippen LogP contribution in [0.25, 0.3) is 0 Å². The van der Waals surface area contributed by atoms with Crippen LogP contribution in [0.1, 0.15) is 12.0 Å². The molecule has 1 fully saturated rings. The lowest BCUT2D eigenvalue weighted by Gasteiger charge is -2.24.